The highest BCUT2D eigenvalue weighted by atomic mass is 16.5. The van der Waals surface area contributed by atoms with Gasteiger partial charge in [-0.05, 0) is 37.1 Å². The topological polar surface area (TPSA) is 86.5 Å². The van der Waals surface area contributed by atoms with E-state index < -0.39 is 0 Å². The van der Waals surface area contributed by atoms with Crippen LogP contribution in [0, 0.1) is 0 Å². The van der Waals surface area contributed by atoms with Crippen LogP contribution < -0.4 is 10.1 Å². The van der Waals surface area contributed by atoms with E-state index in [1.54, 1.807) is 7.11 Å². The zero-order valence-corrected chi connectivity index (χ0v) is 12.9. The molecule has 23 heavy (non-hydrogen) atoms. The average molecular weight is 317 g/mol. The SMILES string of the molecule is COc1ccc(-c2nnc(CC(=O)NC[C@@H]3CCCO3)o2)cc1. The van der Waals surface area contributed by atoms with Crippen molar-refractivity contribution in [3.8, 4) is 17.2 Å². The van der Waals surface area contributed by atoms with Gasteiger partial charge in [-0.15, -0.1) is 10.2 Å². The summed E-state index contributed by atoms with van der Waals surface area (Å²) >= 11 is 0. The molecule has 0 bridgehead atoms. The van der Waals surface area contributed by atoms with Crippen molar-refractivity contribution >= 4 is 5.91 Å². The molecular formula is C16H19N3O4. The highest BCUT2D eigenvalue weighted by molar-refractivity contribution is 5.77. The third kappa shape index (κ3) is 4.07. The van der Waals surface area contributed by atoms with Crippen molar-refractivity contribution in [3.63, 3.8) is 0 Å². The number of ether oxygens (including phenoxy) is 2. The van der Waals surface area contributed by atoms with Crippen LogP contribution in [0.5, 0.6) is 5.75 Å². The normalized spacial score (nSPS) is 17.2. The highest BCUT2D eigenvalue weighted by Crippen LogP contribution is 2.21. The molecule has 1 aromatic carbocycles. The maximum atomic E-state index is 11.9. The van der Waals surface area contributed by atoms with Gasteiger partial charge in [-0.2, -0.15) is 0 Å². The maximum Gasteiger partial charge on any atom is 0.247 e. The number of hydrogen-bond acceptors (Lipinski definition) is 6. The van der Waals surface area contributed by atoms with Crippen molar-refractivity contribution in [2.24, 2.45) is 0 Å². The van der Waals surface area contributed by atoms with Crippen molar-refractivity contribution < 1.29 is 18.7 Å². The summed E-state index contributed by atoms with van der Waals surface area (Å²) < 4.78 is 16.1. The van der Waals surface area contributed by atoms with Crippen LogP contribution in [0.2, 0.25) is 0 Å². The molecule has 1 amide bonds. The van der Waals surface area contributed by atoms with Crippen LogP contribution in [0.15, 0.2) is 28.7 Å². The van der Waals surface area contributed by atoms with Crippen molar-refractivity contribution in [2.75, 3.05) is 20.3 Å². The molecule has 1 aliphatic heterocycles. The van der Waals surface area contributed by atoms with E-state index in [1.807, 2.05) is 24.3 Å². The Hall–Kier alpha value is -2.41. The minimum atomic E-state index is -0.148. The molecule has 0 unspecified atom stereocenters. The van der Waals surface area contributed by atoms with E-state index in [4.69, 9.17) is 13.9 Å². The first-order valence-electron chi connectivity index (χ1n) is 7.59. The second-order valence-electron chi connectivity index (χ2n) is 5.35. The first-order chi connectivity index (χ1) is 11.2. The van der Waals surface area contributed by atoms with Crippen molar-refractivity contribution in [1.82, 2.24) is 15.5 Å². The Balaban J connectivity index is 1.54. The summed E-state index contributed by atoms with van der Waals surface area (Å²) in [7, 11) is 1.61. The number of methoxy groups -OCH3 is 1. The molecule has 0 aliphatic carbocycles. The summed E-state index contributed by atoms with van der Waals surface area (Å²) in [5.74, 6) is 1.28. The second-order valence-corrected chi connectivity index (χ2v) is 5.35. The van der Waals surface area contributed by atoms with Crippen LogP contribution in [0.3, 0.4) is 0 Å². The quantitative estimate of drug-likeness (QED) is 0.870. The number of rotatable bonds is 6. The van der Waals surface area contributed by atoms with Gasteiger partial charge in [-0.3, -0.25) is 4.79 Å². The first kappa shape index (κ1) is 15.5. The molecule has 3 rings (SSSR count). The molecule has 1 aromatic heterocycles. The van der Waals surface area contributed by atoms with Crippen LogP contribution in [-0.2, 0) is 16.0 Å². The third-order valence-corrected chi connectivity index (χ3v) is 3.67. The largest absolute Gasteiger partial charge is 0.497 e. The molecule has 1 saturated heterocycles. The summed E-state index contributed by atoms with van der Waals surface area (Å²) in [6.07, 6.45) is 2.23. The molecule has 1 fully saturated rings. The Bertz CT molecular complexity index is 648. The Morgan fingerprint density at radius 1 is 1.35 bits per heavy atom. The summed E-state index contributed by atoms with van der Waals surface area (Å²) in [6, 6.07) is 7.28. The molecule has 122 valence electrons. The molecule has 2 heterocycles. The highest BCUT2D eigenvalue weighted by Gasteiger charge is 2.17. The fourth-order valence-electron chi connectivity index (χ4n) is 2.41. The zero-order chi connectivity index (χ0) is 16.1. The van der Waals surface area contributed by atoms with Crippen LogP contribution in [0.1, 0.15) is 18.7 Å². The molecular weight excluding hydrogens is 298 g/mol. The van der Waals surface area contributed by atoms with Gasteiger partial charge >= 0.3 is 0 Å². The molecule has 0 radical (unpaired) electrons. The number of nitrogens with one attached hydrogen (secondary N) is 1. The Morgan fingerprint density at radius 2 is 2.17 bits per heavy atom. The fraction of sp³-hybridized carbons (Fsp3) is 0.438. The number of nitrogens with zero attached hydrogens (tertiary/aromatic N) is 2. The van der Waals surface area contributed by atoms with Gasteiger partial charge < -0.3 is 19.2 Å². The minimum absolute atomic E-state index is 0.0654. The number of benzene rings is 1. The van der Waals surface area contributed by atoms with Gasteiger partial charge in [0.15, 0.2) is 0 Å². The van der Waals surface area contributed by atoms with E-state index in [9.17, 15) is 4.79 Å². The van der Waals surface area contributed by atoms with Crippen molar-refractivity contribution in [2.45, 2.75) is 25.4 Å². The number of amides is 1. The van der Waals surface area contributed by atoms with E-state index >= 15 is 0 Å². The molecule has 0 saturated carbocycles. The maximum absolute atomic E-state index is 11.9. The van der Waals surface area contributed by atoms with Gasteiger partial charge in [0, 0.05) is 18.7 Å². The minimum Gasteiger partial charge on any atom is -0.497 e. The average Bonchev–Trinajstić information content (AvgIpc) is 3.25. The summed E-state index contributed by atoms with van der Waals surface area (Å²) in [5, 5.41) is 10.7. The van der Waals surface area contributed by atoms with Gasteiger partial charge in [-0.1, -0.05) is 0 Å². The summed E-state index contributed by atoms with van der Waals surface area (Å²) in [4.78, 5) is 11.9. The summed E-state index contributed by atoms with van der Waals surface area (Å²) in [5.41, 5.74) is 0.782. The van der Waals surface area contributed by atoms with E-state index in [2.05, 4.69) is 15.5 Å². The van der Waals surface area contributed by atoms with E-state index in [0.717, 1.165) is 30.8 Å². The van der Waals surface area contributed by atoms with Crippen molar-refractivity contribution in [1.29, 1.82) is 0 Å². The monoisotopic (exact) mass is 317 g/mol. The van der Waals surface area contributed by atoms with E-state index in [0.29, 0.717) is 18.3 Å². The molecule has 1 atom stereocenters. The number of carbonyl (C=O) groups is 1. The van der Waals surface area contributed by atoms with Crippen LogP contribution in [0.4, 0.5) is 0 Å². The van der Waals surface area contributed by atoms with Gasteiger partial charge in [0.1, 0.15) is 12.2 Å². The van der Waals surface area contributed by atoms with E-state index in [1.165, 1.54) is 0 Å². The van der Waals surface area contributed by atoms with E-state index in [-0.39, 0.29) is 18.4 Å². The Morgan fingerprint density at radius 3 is 2.87 bits per heavy atom. The number of aromatic nitrogens is 2. The predicted octanol–water partition coefficient (Wildman–Crippen LogP) is 1.58. The Labute approximate surface area is 134 Å². The third-order valence-electron chi connectivity index (χ3n) is 3.67. The first-order valence-corrected chi connectivity index (χ1v) is 7.59. The van der Waals surface area contributed by atoms with Crippen LogP contribution >= 0.6 is 0 Å². The molecule has 7 nitrogen and oxygen atoms in total. The van der Waals surface area contributed by atoms with Gasteiger partial charge in [0.2, 0.25) is 17.7 Å². The second kappa shape index (κ2) is 7.23. The molecule has 0 spiro atoms. The predicted molar refractivity (Wildman–Crippen MR) is 82.0 cm³/mol. The fourth-order valence-corrected chi connectivity index (χ4v) is 2.41. The zero-order valence-electron chi connectivity index (χ0n) is 12.9. The molecule has 7 heteroatoms. The molecule has 2 aromatic rings. The molecule has 1 aliphatic rings. The molecule has 1 N–H and O–H groups in total. The lowest BCUT2D eigenvalue weighted by Crippen LogP contribution is -2.32. The standard InChI is InChI=1S/C16H19N3O4/c1-21-12-6-4-11(5-7-12)16-19-18-15(23-16)9-14(20)17-10-13-3-2-8-22-13/h4-7,13H,2-3,8-10H2,1H3,(H,17,20)/t13-/m0/s1. The van der Waals surface area contributed by atoms with Crippen molar-refractivity contribution in [3.05, 3.63) is 30.2 Å². The van der Waals surface area contributed by atoms with Gasteiger partial charge in [0.05, 0.1) is 13.2 Å². The number of carbonyl (C=O) groups excluding carboxylic acids is 1. The lowest BCUT2D eigenvalue weighted by atomic mass is 10.2. The lowest BCUT2D eigenvalue weighted by molar-refractivity contribution is -0.121. The van der Waals surface area contributed by atoms with Crippen LogP contribution in [0.25, 0.3) is 11.5 Å². The smallest absolute Gasteiger partial charge is 0.247 e. The lowest BCUT2D eigenvalue weighted by Gasteiger charge is -2.09. The van der Waals surface area contributed by atoms with Gasteiger partial charge in [-0.25, -0.2) is 0 Å². The number of hydrogen-bond donors (Lipinski definition) is 1. The van der Waals surface area contributed by atoms with Gasteiger partial charge in [0.25, 0.3) is 0 Å². The summed E-state index contributed by atoms with van der Waals surface area (Å²) in [6.45, 7) is 1.30. The Kier molecular flexibility index (Phi) is 4.87. The van der Waals surface area contributed by atoms with Crippen LogP contribution in [-0.4, -0.2) is 42.5 Å².